The van der Waals surface area contributed by atoms with E-state index in [0.29, 0.717) is 23.2 Å². The molecular weight excluding hydrogens is 882 g/mol. The van der Waals surface area contributed by atoms with Crippen LogP contribution in [0.2, 0.25) is 0 Å². The summed E-state index contributed by atoms with van der Waals surface area (Å²) in [6, 6.07) is 7.58. The van der Waals surface area contributed by atoms with Gasteiger partial charge in [-0.25, -0.2) is 39.7 Å². The number of H-pyrrole nitrogens is 1. The second-order valence-corrected chi connectivity index (χ2v) is 17.1. The van der Waals surface area contributed by atoms with Gasteiger partial charge in [-0.05, 0) is 54.7 Å². The maximum absolute atomic E-state index is 15.3. The SMILES string of the molecule is CC(F)(F)CCOc1ccc2c(=O)n(-c3ccc(CCl)c4c(NS(C)(=O)=O)n[nH]c34)c(C(CNC(=O)Cn3nc(C(F)F)c4c3C(F)(F)[C@@H]3C[C@H]43)c3cc(F)cc(F)c3)nc2n1. The van der Waals surface area contributed by atoms with Crippen molar-refractivity contribution in [3.63, 3.8) is 0 Å². The van der Waals surface area contributed by atoms with Crippen molar-refractivity contribution in [1.82, 2.24) is 39.8 Å². The van der Waals surface area contributed by atoms with E-state index >= 15 is 17.6 Å². The van der Waals surface area contributed by atoms with Crippen molar-refractivity contribution in [1.29, 1.82) is 0 Å². The molecule has 328 valence electrons. The summed E-state index contributed by atoms with van der Waals surface area (Å²) in [5, 5.41) is 12.8. The number of ether oxygens (including phenoxy) is 1. The largest absolute Gasteiger partial charge is 0.477 e. The Kier molecular flexibility index (Phi) is 10.7. The number of aromatic amines is 1. The zero-order chi connectivity index (χ0) is 44.6. The molecule has 1 amide bonds. The van der Waals surface area contributed by atoms with Crippen LogP contribution < -0.4 is 20.3 Å². The Bertz CT molecular complexity index is 2940. The van der Waals surface area contributed by atoms with Gasteiger partial charge in [0.25, 0.3) is 17.9 Å². The highest BCUT2D eigenvalue weighted by Crippen LogP contribution is 2.68. The van der Waals surface area contributed by atoms with Gasteiger partial charge in [-0.3, -0.25) is 28.7 Å². The lowest BCUT2D eigenvalue weighted by atomic mass is 9.96. The predicted molar refractivity (Wildman–Crippen MR) is 207 cm³/mol. The number of carbonyl (C=O) groups is 1. The highest BCUT2D eigenvalue weighted by atomic mass is 35.5. The van der Waals surface area contributed by atoms with Crippen molar-refractivity contribution in [3.8, 4) is 11.6 Å². The van der Waals surface area contributed by atoms with E-state index in [9.17, 15) is 35.6 Å². The second kappa shape index (κ2) is 15.5. The van der Waals surface area contributed by atoms with Gasteiger partial charge in [0.05, 0.1) is 40.8 Å². The maximum Gasteiger partial charge on any atom is 0.293 e. The summed E-state index contributed by atoms with van der Waals surface area (Å²) >= 11 is 6.22. The molecule has 1 unspecified atom stereocenters. The van der Waals surface area contributed by atoms with E-state index in [1.807, 2.05) is 0 Å². The molecule has 1 saturated carbocycles. The lowest BCUT2D eigenvalue weighted by Gasteiger charge is -2.23. The third kappa shape index (κ3) is 8.02. The van der Waals surface area contributed by atoms with Gasteiger partial charge >= 0.3 is 0 Å². The Hall–Kier alpha value is -5.84. The number of anilines is 1. The molecule has 0 spiro atoms. The number of benzene rings is 2. The van der Waals surface area contributed by atoms with E-state index in [0.717, 1.165) is 23.0 Å². The molecule has 0 saturated heterocycles. The average Bonchev–Trinajstić information content (AvgIpc) is 3.65. The molecule has 1 fully saturated rings. The molecule has 0 bridgehead atoms. The van der Waals surface area contributed by atoms with Gasteiger partial charge < -0.3 is 10.1 Å². The molecule has 6 aromatic rings. The van der Waals surface area contributed by atoms with Crippen LogP contribution in [0.25, 0.3) is 27.6 Å². The number of hydrogen-bond acceptors (Lipinski definition) is 9. The van der Waals surface area contributed by atoms with Crippen LogP contribution >= 0.6 is 11.6 Å². The van der Waals surface area contributed by atoms with E-state index < -0.39 is 107 Å². The van der Waals surface area contributed by atoms with Crippen molar-refractivity contribution in [2.75, 3.05) is 24.1 Å². The van der Waals surface area contributed by atoms with Crippen LogP contribution in [-0.2, 0) is 33.2 Å². The third-order valence-corrected chi connectivity index (χ3v) is 11.4. The molecule has 0 aliphatic heterocycles. The van der Waals surface area contributed by atoms with E-state index in [4.69, 9.17) is 16.3 Å². The zero-order valence-electron chi connectivity index (χ0n) is 32.1. The molecular formula is C38H32ClF8N9O5S. The van der Waals surface area contributed by atoms with E-state index in [2.05, 4.69) is 35.3 Å². The molecule has 4 aromatic heterocycles. The Morgan fingerprint density at radius 3 is 2.50 bits per heavy atom. The highest BCUT2D eigenvalue weighted by Gasteiger charge is 2.67. The first-order chi connectivity index (χ1) is 29.1. The number of nitrogens with one attached hydrogen (secondary N) is 3. The van der Waals surface area contributed by atoms with Crippen LogP contribution in [0, 0.1) is 17.6 Å². The molecule has 3 N–H and O–H groups in total. The molecule has 8 rings (SSSR count). The summed E-state index contributed by atoms with van der Waals surface area (Å²) in [5.74, 6) is -14.5. The number of alkyl halides is 7. The first kappa shape index (κ1) is 42.8. The fourth-order valence-electron chi connectivity index (χ4n) is 7.80. The topological polar surface area (TPSA) is 179 Å². The van der Waals surface area contributed by atoms with Gasteiger partial charge in [-0.15, -0.1) is 11.6 Å². The Morgan fingerprint density at radius 1 is 1.11 bits per heavy atom. The zero-order valence-corrected chi connectivity index (χ0v) is 33.7. The quantitative estimate of drug-likeness (QED) is 0.0742. The van der Waals surface area contributed by atoms with Crippen LogP contribution in [0.4, 0.5) is 40.9 Å². The van der Waals surface area contributed by atoms with Crippen LogP contribution in [-0.4, -0.2) is 74.2 Å². The van der Waals surface area contributed by atoms with Crippen LogP contribution in [0.15, 0.2) is 47.3 Å². The highest BCUT2D eigenvalue weighted by molar-refractivity contribution is 7.92. The van der Waals surface area contributed by atoms with Gasteiger partial charge in [-0.1, -0.05) is 6.07 Å². The normalized spacial score (nSPS) is 17.4. The van der Waals surface area contributed by atoms with Crippen molar-refractivity contribution in [2.24, 2.45) is 5.92 Å². The van der Waals surface area contributed by atoms with Crippen LogP contribution in [0.3, 0.4) is 0 Å². The number of fused-ring (bicyclic) bond motifs is 5. The minimum Gasteiger partial charge on any atom is -0.477 e. The van der Waals surface area contributed by atoms with E-state index in [1.54, 1.807) is 0 Å². The van der Waals surface area contributed by atoms with Crippen LogP contribution in [0.5, 0.6) is 5.88 Å². The number of aromatic nitrogens is 7. The summed E-state index contributed by atoms with van der Waals surface area (Å²) in [7, 11) is -3.93. The summed E-state index contributed by atoms with van der Waals surface area (Å²) in [6.45, 7) is -1.47. The van der Waals surface area contributed by atoms with E-state index in [-0.39, 0.29) is 68.6 Å². The fraction of sp³-hybridized carbons (Fsp3) is 0.368. The molecule has 0 radical (unpaired) electrons. The molecule has 3 atom stereocenters. The van der Waals surface area contributed by atoms with Gasteiger partial charge in [-0.2, -0.15) is 24.0 Å². The monoisotopic (exact) mass is 913 g/mol. The number of hydrogen-bond donors (Lipinski definition) is 3. The number of carbonyl (C=O) groups excluding carboxylic acids is 1. The van der Waals surface area contributed by atoms with Gasteiger partial charge in [0, 0.05) is 42.5 Å². The molecule has 2 aromatic carbocycles. The molecule has 24 heteroatoms. The number of pyridine rings is 1. The maximum atomic E-state index is 15.3. The molecule has 2 aliphatic rings. The second-order valence-electron chi connectivity index (χ2n) is 15.1. The minimum atomic E-state index is -3.93. The molecule has 62 heavy (non-hydrogen) atoms. The van der Waals surface area contributed by atoms with Gasteiger partial charge in [0.15, 0.2) is 11.5 Å². The van der Waals surface area contributed by atoms with Crippen molar-refractivity contribution in [2.45, 2.75) is 62.3 Å². The van der Waals surface area contributed by atoms with E-state index in [1.165, 1.54) is 24.3 Å². The lowest BCUT2D eigenvalue weighted by molar-refractivity contribution is -0.122. The Balaban J connectivity index is 1.28. The first-order valence-electron chi connectivity index (χ1n) is 18.6. The first-order valence-corrected chi connectivity index (χ1v) is 21.1. The predicted octanol–water partition coefficient (Wildman–Crippen LogP) is 6.76. The number of halogens is 9. The van der Waals surface area contributed by atoms with Gasteiger partial charge in [0.2, 0.25) is 27.7 Å². The third-order valence-electron chi connectivity index (χ3n) is 10.5. The number of amides is 1. The lowest BCUT2D eigenvalue weighted by Crippen LogP contribution is -2.36. The van der Waals surface area contributed by atoms with Crippen molar-refractivity contribution >= 4 is 55.3 Å². The Labute approximate surface area is 349 Å². The summed E-state index contributed by atoms with van der Waals surface area (Å²) in [6.07, 6.45) is -3.06. The molecule has 14 nitrogen and oxygen atoms in total. The Morgan fingerprint density at radius 2 is 1.84 bits per heavy atom. The number of sulfonamides is 1. The number of rotatable bonds is 15. The summed E-state index contributed by atoms with van der Waals surface area (Å²) in [4.78, 5) is 37.2. The molecule has 2 aliphatic carbocycles. The summed E-state index contributed by atoms with van der Waals surface area (Å²) < 4.78 is 149. The van der Waals surface area contributed by atoms with Crippen molar-refractivity contribution in [3.05, 3.63) is 98.4 Å². The van der Waals surface area contributed by atoms with Gasteiger partial charge in [0.1, 0.15) is 35.4 Å². The minimum absolute atomic E-state index is 0.0155. The molecule has 4 heterocycles. The fourth-order valence-corrected chi connectivity index (χ4v) is 8.52. The smallest absolute Gasteiger partial charge is 0.293 e. The van der Waals surface area contributed by atoms with Crippen LogP contribution in [0.1, 0.15) is 71.9 Å². The standard InChI is InChI=1S/C38H32ClF8N9O5S/c1-37(44,45)7-8-61-26-6-4-20-33(49-26)50-35(56(36(20)58)24-5-3-16(13-39)27-29(24)51-52-34(27)54-62(2,59)60)22(17-9-18(40)11-19(41)10-17)14-48-25(57)15-55-31-28(30(53-55)32(42)43)21-12-23(21)38(31,46)47/h3-6,9-11,21-23,32H,7-8,12-15H2,1-2H3,(H,48,57)(H2,51,52,54)/t21-,22?,23+/m0/s1. The number of nitrogens with zero attached hydrogens (tertiary/aromatic N) is 6. The average molecular weight is 914 g/mol. The summed E-state index contributed by atoms with van der Waals surface area (Å²) in [5.41, 5.74) is -3.16. The van der Waals surface area contributed by atoms with Crippen molar-refractivity contribution < 1.29 is 53.1 Å².